The number of benzene rings is 2. The van der Waals surface area contributed by atoms with E-state index in [0.717, 1.165) is 0 Å². The summed E-state index contributed by atoms with van der Waals surface area (Å²) < 4.78 is 20.6. The zero-order valence-corrected chi connectivity index (χ0v) is 15.6. The first-order valence-corrected chi connectivity index (χ1v) is 8.72. The number of aromatic nitrogens is 2. The lowest BCUT2D eigenvalue weighted by molar-refractivity contribution is 0.0997. The first-order chi connectivity index (χ1) is 14.4. The number of urea groups is 1. The first kappa shape index (κ1) is 20.5. The molecule has 5 N–H and O–H groups in total. The lowest BCUT2D eigenvalue weighted by Crippen LogP contribution is -2.22. The number of nitrogens with two attached hydrogens (primary N) is 2. The van der Waals surface area contributed by atoms with Crippen molar-refractivity contribution >= 4 is 17.5 Å². The van der Waals surface area contributed by atoms with Gasteiger partial charge in [-0.15, -0.1) is 0 Å². The number of primary amides is 1. The second-order valence-electron chi connectivity index (χ2n) is 6.09. The van der Waals surface area contributed by atoms with E-state index in [4.69, 9.17) is 21.5 Å². The molecule has 1 aromatic heterocycles. The highest BCUT2D eigenvalue weighted by molar-refractivity contribution is 6.03. The molecule has 0 atom stereocenters. The number of Topliss-reactive ketones (excluding diaryl/α,β-unsaturated/α-hetero) is 1. The first-order valence-electron chi connectivity index (χ1n) is 8.72. The molecule has 2 aromatic carbocycles. The van der Waals surface area contributed by atoms with E-state index < -0.39 is 17.6 Å². The fourth-order valence-corrected chi connectivity index (χ4v) is 2.81. The Balaban J connectivity index is 2.06. The summed E-state index contributed by atoms with van der Waals surface area (Å²) in [6, 6.07) is 11.8. The number of nitrogens with one attached hydrogen (secondary N) is 1. The average molecular weight is 408 g/mol. The van der Waals surface area contributed by atoms with E-state index in [2.05, 4.69) is 10.4 Å². The van der Waals surface area contributed by atoms with Gasteiger partial charge in [0.1, 0.15) is 17.6 Å². The Labute approximate surface area is 170 Å². The fraction of sp³-hybridized carbons (Fsp3) is 0.100. The van der Waals surface area contributed by atoms with E-state index in [1.807, 2.05) is 6.07 Å². The molecular weight excluding hydrogens is 391 g/mol. The molecule has 0 fully saturated rings. The SMILES string of the molecule is N#CCOc1ccc(F)cc1-c1cccc(-n2cc(NC(N)=O)c(C(=O)CN)n2)c1. The molecule has 0 spiro atoms. The molecule has 152 valence electrons. The van der Waals surface area contributed by atoms with Crippen LogP contribution >= 0.6 is 0 Å². The summed E-state index contributed by atoms with van der Waals surface area (Å²) in [6.45, 7) is -0.489. The Morgan fingerprint density at radius 1 is 1.27 bits per heavy atom. The highest BCUT2D eigenvalue weighted by Crippen LogP contribution is 2.32. The van der Waals surface area contributed by atoms with Gasteiger partial charge in [0.15, 0.2) is 18.1 Å². The van der Waals surface area contributed by atoms with Crippen molar-refractivity contribution in [2.45, 2.75) is 0 Å². The van der Waals surface area contributed by atoms with Crippen molar-refractivity contribution < 1.29 is 18.7 Å². The van der Waals surface area contributed by atoms with E-state index >= 15 is 0 Å². The molecular formula is C20H17FN6O3. The summed E-state index contributed by atoms with van der Waals surface area (Å²) in [5.41, 5.74) is 12.2. The molecule has 30 heavy (non-hydrogen) atoms. The Kier molecular flexibility index (Phi) is 6.05. The van der Waals surface area contributed by atoms with Gasteiger partial charge in [-0.3, -0.25) is 4.79 Å². The summed E-state index contributed by atoms with van der Waals surface area (Å²) in [5.74, 6) is -0.612. The van der Waals surface area contributed by atoms with Gasteiger partial charge in [-0.2, -0.15) is 10.4 Å². The van der Waals surface area contributed by atoms with Crippen LogP contribution in [0.5, 0.6) is 5.75 Å². The van der Waals surface area contributed by atoms with E-state index in [1.165, 1.54) is 29.1 Å². The number of rotatable bonds is 7. The van der Waals surface area contributed by atoms with Crippen molar-refractivity contribution in [1.82, 2.24) is 9.78 Å². The summed E-state index contributed by atoms with van der Waals surface area (Å²) in [6.07, 6.45) is 1.42. The fourth-order valence-electron chi connectivity index (χ4n) is 2.81. The number of nitriles is 1. The number of halogens is 1. The highest BCUT2D eigenvalue weighted by Gasteiger charge is 2.18. The van der Waals surface area contributed by atoms with Crippen molar-refractivity contribution in [1.29, 1.82) is 5.26 Å². The third kappa shape index (κ3) is 4.43. The van der Waals surface area contributed by atoms with Gasteiger partial charge < -0.3 is 21.5 Å². The van der Waals surface area contributed by atoms with Crippen LogP contribution < -0.4 is 21.5 Å². The molecule has 3 rings (SSSR count). The lowest BCUT2D eigenvalue weighted by atomic mass is 10.0. The van der Waals surface area contributed by atoms with Crippen LogP contribution in [0.2, 0.25) is 0 Å². The molecule has 10 heteroatoms. The molecule has 0 unspecified atom stereocenters. The smallest absolute Gasteiger partial charge is 0.316 e. The van der Waals surface area contributed by atoms with E-state index in [1.54, 1.807) is 24.3 Å². The number of ether oxygens (including phenoxy) is 1. The molecule has 9 nitrogen and oxygen atoms in total. The minimum absolute atomic E-state index is 0.0366. The molecule has 1 heterocycles. The zero-order chi connectivity index (χ0) is 21.7. The largest absolute Gasteiger partial charge is 0.478 e. The van der Waals surface area contributed by atoms with Crippen LogP contribution in [0.1, 0.15) is 10.5 Å². The van der Waals surface area contributed by atoms with E-state index in [9.17, 15) is 14.0 Å². The molecule has 3 aromatic rings. The van der Waals surface area contributed by atoms with Gasteiger partial charge in [-0.25, -0.2) is 13.9 Å². The van der Waals surface area contributed by atoms with Crippen LogP contribution in [0.4, 0.5) is 14.9 Å². The summed E-state index contributed by atoms with van der Waals surface area (Å²) >= 11 is 0. The number of ketones is 1. The number of nitrogens with zero attached hydrogens (tertiary/aromatic N) is 3. The van der Waals surface area contributed by atoms with Crippen molar-refractivity contribution in [2.75, 3.05) is 18.5 Å². The topological polar surface area (TPSA) is 149 Å². The molecule has 0 saturated heterocycles. The van der Waals surface area contributed by atoms with Gasteiger partial charge in [-0.05, 0) is 35.9 Å². The quantitative estimate of drug-likeness (QED) is 0.510. The molecule has 0 bridgehead atoms. The Morgan fingerprint density at radius 3 is 2.77 bits per heavy atom. The summed E-state index contributed by atoms with van der Waals surface area (Å²) in [7, 11) is 0. The van der Waals surface area contributed by atoms with Gasteiger partial charge in [0.05, 0.1) is 24.1 Å². The maximum absolute atomic E-state index is 13.8. The minimum atomic E-state index is -0.853. The molecule has 0 aliphatic heterocycles. The zero-order valence-electron chi connectivity index (χ0n) is 15.6. The molecule has 0 aliphatic rings. The lowest BCUT2D eigenvalue weighted by Gasteiger charge is -2.11. The van der Waals surface area contributed by atoms with E-state index in [-0.39, 0.29) is 24.5 Å². The number of hydrogen-bond acceptors (Lipinski definition) is 6. The molecule has 0 saturated carbocycles. The molecule has 0 aliphatic carbocycles. The van der Waals surface area contributed by atoms with Crippen molar-refractivity contribution in [3.8, 4) is 28.6 Å². The van der Waals surface area contributed by atoms with E-state index in [0.29, 0.717) is 22.6 Å². The summed E-state index contributed by atoms with van der Waals surface area (Å²) in [5, 5.41) is 15.3. The Hall–Kier alpha value is -4.23. The Morgan fingerprint density at radius 2 is 2.07 bits per heavy atom. The Bertz CT molecular complexity index is 1150. The average Bonchev–Trinajstić information content (AvgIpc) is 3.15. The number of carbonyl (C=O) groups is 2. The number of carbonyl (C=O) groups excluding carboxylic acids is 2. The number of hydrogen-bond donors (Lipinski definition) is 3. The molecule has 2 amide bonds. The van der Waals surface area contributed by atoms with Gasteiger partial charge in [0, 0.05) is 5.56 Å². The van der Waals surface area contributed by atoms with Gasteiger partial charge in [0.2, 0.25) is 0 Å². The van der Waals surface area contributed by atoms with Crippen LogP contribution in [0.15, 0.2) is 48.7 Å². The van der Waals surface area contributed by atoms with Crippen LogP contribution in [0.25, 0.3) is 16.8 Å². The predicted octanol–water partition coefficient (Wildman–Crippen LogP) is 2.21. The van der Waals surface area contributed by atoms with Gasteiger partial charge in [-0.1, -0.05) is 12.1 Å². The summed E-state index contributed by atoms with van der Waals surface area (Å²) in [4.78, 5) is 23.3. The van der Waals surface area contributed by atoms with Crippen LogP contribution in [0, 0.1) is 17.1 Å². The predicted molar refractivity (Wildman–Crippen MR) is 107 cm³/mol. The van der Waals surface area contributed by atoms with Gasteiger partial charge in [0.25, 0.3) is 0 Å². The second kappa shape index (κ2) is 8.85. The molecule has 0 radical (unpaired) electrons. The van der Waals surface area contributed by atoms with Crippen molar-refractivity contribution in [3.05, 3.63) is 60.2 Å². The third-order valence-corrected chi connectivity index (χ3v) is 4.08. The number of amides is 2. The monoisotopic (exact) mass is 408 g/mol. The van der Waals surface area contributed by atoms with Crippen LogP contribution in [-0.2, 0) is 0 Å². The maximum atomic E-state index is 13.8. The maximum Gasteiger partial charge on any atom is 0.316 e. The van der Waals surface area contributed by atoms with Gasteiger partial charge >= 0.3 is 6.03 Å². The van der Waals surface area contributed by atoms with Crippen molar-refractivity contribution in [2.24, 2.45) is 11.5 Å². The second-order valence-corrected chi connectivity index (χ2v) is 6.09. The van der Waals surface area contributed by atoms with Crippen LogP contribution in [0.3, 0.4) is 0 Å². The number of anilines is 1. The third-order valence-electron chi connectivity index (χ3n) is 4.08. The van der Waals surface area contributed by atoms with Crippen LogP contribution in [-0.4, -0.2) is 34.7 Å². The normalized spacial score (nSPS) is 10.3. The minimum Gasteiger partial charge on any atom is -0.478 e. The highest BCUT2D eigenvalue weighted by atomic mass is 19.1. The van der Waals surface area contributed by atoms with Crippen molar-refractivity contribution in [3.63, 3.8) is 0 Å². The standard InChI is InChI=1S/C20H17FN6O3/c21-13-4-5-18(30-7-6-22)15(9-13)12-2-1-3-14(8-12)27-11-16(25-20(24)29)19(26-27)17(28)10-23/h1-5,8-9,11H,7,10,23H2,(H3,24,25,29).